The molecule has 7 nitrogen and oxygen atoms in total. The number of hydrogen-bond donors (Lipinski definition) is 1. The maximum absolute atomic E-state index is 13.7. The van der Waals surface area contributed by atoms with Crippen molar-refractivity contribution in [1.82, 2.24) is 4.57 Å². The molecule has 0 aliphatic carbocycles. The van der Waals surface area contributed by atoms with E-state index in [0.29, 0.717) is 26.6 Å². The van der Waals surface area contributed by atoms with Crippen molar-refractivity contribution in [2.75, 3.05) is 13.7 Å². The first-order valence-electron chi connectivity index (χ1n) is 13.0. The number of esters is 2. The number of fused-ring (bicyclic) bond motifs is 1. The van der Waals surface area contributed by atoms with E-state index in [1.54, 1.807) is 13.0 Å². The van der Waals surface area contributed by atoms with Crippen LogP contribution in [0.5, 0.6) is 0 Å². The van der Waals surface area contributed by atoms with Gasteiger partial charge in [0.05, 0.1) is 35.3 Å². The van der Waals surface area contributed by atoms with Crippen molar-refractivity contribution in [3.63, 3.8) is 0 Å². The van der Waals surface area contributed by atoms with Crippen molar-refractivity contribution in [1.29, 1.82) is 0 Å². The number of thiazole rings is 1. The Bertz CT molecular complexity index is 1610. The zero-order chi connectivity index (χ0) is 28.4. The second-order valence-electron chi connectivity index (χ2n) is 10.1. The van der Waals surface area contributed by atoms with Crippen LogP contribution in [0, 0.1) is 0 Å². The minimum Gasteiger partial charge on any atom is -0.466 e. The van der Waals surface area contributed by atoms with Crippen molar-refractivity contribution >= 4 is 40.7 Å². The van der Waals surface area contributed by atoms with Gasteiger partial charge in [-0.05, 0) is 47.1 Å². The molecule has 2 aromatic carbocycles. The molecule has 204 valence electrons. The Balaban J connectivity index is 2.04. The predicted molar refractivity (Wildman–Crippen MR) is 155 cm³/mol. The second-order valence-corrected chi connectivity index (χ2v) is 11.1. The second kappa shape index (κ2) is 11.5. The molecule has 0 fully saturated rings. The Morgan fingerprint density at radius 2 is 1.51 bits per heavy atom. The van der Waals surface area contributed by atoms with Gasteiger partial charge in [0.2, 0.25) is 0 Å². The van der Waals surface area contributed by atoms with Gasteiger partial charge in [-0.2, -0.15) is 0 Å². The van der Waals surface area contributed by atoms with Crippen LogP contribution in [-0.2, 0) is 19.1 Å². The molecule has 4 rings (SSSR count). The fraction of sp³-hybridized carbons (Fsp3) is 0.323. The first-order chi connectivity index (χ1) is 18.6. The molecule has 1 aliphatic rings. The molecule has 0 saturated carbocycles. The fourth-order valence-electron chi connectivity index (χ4n) is 4.70. The Morgan fingerprint density at radius 1 is 0.949 bits per heavy atom. The molecule has 2 heterocycles. The van der Waals surface area contributed by atoms with E-state index in [4.69, 9.17) is 15.2 Å². The minimum atomic E-state index is -0.867. The SMILES string of the molecule is CCOC(=O)C1=C(N)n2c(s/c(=C\c3ccc(C(C)C)cc3)c2=O)=C(C(=O)OC)[C@@H]1c1ccc(C(C)C)cc1. The highest BCUT2D eigenvalue weighted by Gasteiger charge is 2.39. The molecular formula is C31H34N2O5S. The lowest BCUT2D eigenvalue weighted by molar-refractivity contribution is -0.138. The Kier molecular flexibility index (Phi) is 8.25. The highest BCUT2D eigenvalue weighted by Crippen LogP contribution is 2.38. The number of ether oxygens (including phenoxy) is 2. The van der Waals surface area contributed by atoms with Gasteiger partial charge in [-0.3, -0.25) is 9.36 Å². The third-order valence-electron chi connectivity index (χ3n) is 6.89. The van der Waals surface area contributed by atoms with Crippen LogP contribution in [0.4, 0.5) is 0 Å². The summed E-state index contributed by atoms with van der Waals surface area (Å²) in [4.78, 5) is 40.3. The molecule has 0 radical (unpaired) electrons. The summed E-state index contributed by atoms with van der Waals surface area (Å²) in [5.41, 5.74) is 10.2. The number of carbonyl (C=O) groups is 2. The summed E-state index contributed by atoms with van der Waals surface area (Å²) in [6.45, 7) is 10.2. The molecule has 0 bridgehead atoms. The molecule has 1 aromatic heterocycles. The summed E-state index contributed by atoms with van der Waals surface area (Å²) in [7, 11) is 1.28. The topological polar surface area (TPSA) is 101 Å². The number of nitrogens with zero attached hydrogens (tertiary/aromatic N) is 1. The monoisotopic (exact) mass is 546 g/mol. The molecule has 0 spiro atoms. The van der Waals surface area contributed by atoms with Gasteiger partial charge >= 0.3 is 11.9 Å². The molecule has 0 saturated heterocycles. The van der Waals surface area contributed by atoms with Crippen molar-refractivity contribution in [3.8, 4) is 0 Å². The largest absolute Gasteiger partial charge is 0.466 e. The highest BCUT2D eigenvalue weighted by molar-refractivity contribution is 7.07. The van der Waals surface area contributed by atoms with E-state index in [0.717, 1.165) is 22.5 Å². The van der Waals surface area contributed by atoms with Crippen molar-refractivity contribution in [2.45, 2.75) is 52.4 Å². The molecule has 3 aromatic rings. The van der Waals surface area contributed by atoms with Gasteiger partial charge in [0.1, 0.15) is 10.5 Å². The third kappa shape index (κ3) is 5.34. The van der Waals surface area contributed by atoms with Crippen LogP contribution >= 0.6 is 11.3 Å². The van der Waals surface area contributed by atoms with Crippen LogP contribution in [-0.4, -0.2) is 30.2 Å². The maximum atomic E-state index is 13.7. The van der Waals surface area contributed by atoms with Crippen molar-refractivity contribution in [3.05, 3.63) is 95.9 Å². The van der Waals surface area contributed by atoms with Gasteiger partial charge in [0, 0.05) is 0 Å². The van der Waals surface area contributed by atoms with Gasteiger partial charge in [0.15, 0.2) is 0 Å². The van der Waals surface area contributed by atoms with E-state index in [9.17, 15) is 14.4 Å². The van der Waals surface area contributed by atoms with Gasteiger partial charge < -0.3 is 15.2 Å². The zero-order valence-electron chi connectivity index (χ0n) is 23.1. The van der Waals surface area contributed by atoms with Crippen LogP contribution in [0.2, 0.25) is 0 Å². The van der Waals surface area contributed by atoms with Crippen LogP contribution in [0.25, 0.3) is 17.5 Å². The number of hydrogen-bond acceptors (Lipinski definition) is 7. The Hall–Kier alpha value is -3.91. The van der Waals surface area contributed by atoms with Gasteiger partial charge in [0.25, 0.3) is 5.56 Å². The number of benzene rings is 2. The van der Waals surface area contributed by atoms with E-state index < -0.39 is 23.4 Å². The Labute approximate surface area is 231 Å². The van der Waals surface area contributed by atoms with E-state index in [-0.39, 0.29) is 23.6 Å². The third-order valence-corrected chi connectivity index (χ3v) is 7.99. The smallest absolute Gasteiger partial charge is 0.338 e. The lowest BCUT2D eigenvalue weighted by atomic mass is 9.82. The van der Waals surface area contributed by atoms with Crippen molar-refractivity contribution in [2.24, 2.45) is 5.73 Å². The summed E-state index contributed by atoms with van der Waals surface area (Å²) in [6.07, 6.45) is 1.76. The van der Waals surface area contributed by atoms with E-state index in [1.165, 1.54) is 17.2 Å². The van der Waals surface area contributed by atoms with E-state index >= 15 is 0 Å². The lowest BCUT2D eigenvalue weighted by Gasteiger charge is -2.27. The summed E-state index contributed by atoms with van der Waals surface area (Å²) in [5, 5.41) is 0. The first-order valence-corrected chi connectivity index (χ1v) is 13.8. The molecule has 2 N–H and O–H groups in total. The molecular weight excluding hydrogens is 512 g/mol. The van der Waals surface area contributed by atoms with Crippen LogP contribution in [0.3, 0.4) is 0 Å². The standard InChI is InChI=1S/C31H34N2O5S/c1-7-38-31(36)25-24(22-14-12-21(13-15-22)18(4)5)26(30(35)37-6)29-33(27(25)32)28(34)23(39-29)16-19-8-10-20(11-9-19)17(2)3/h8-18,24H,7,32H2,1-6H3/b23-16-/t24-/m1/s1. The highest BCUT2D eigenvalue weighted by atomic mass is 32.1. The number of rotatable bonds is 7. The molecule has 39 heavy (non-hydrogen) atoms. The number of methoxy groups -OCH3 is 1. The predicted octanol–water partition coefficient (Wildman–Crippen LogP) is 3.80. The first kappa shape index (κ1) is 28.1. The summed E-state index contributed by atoms with van der Waals surface area (Å²) >= 11 is 1.15. The normalized spacial score (nSPS) is 15.6. The number of nitrogens with two attached hydrogens (primary N) is 1. The molecule has 0 amide bonds. The van der Waals surface area contributed by atoms with Crippen LogP contribution in [0.15, 0.2) is 58.9 Å². The average Bonchev–Trinajstić information content (AvgIpc) is 3.24. The summed E-state index contributed by atoms with van der Waals surface area (Å²) in [5.74, 6) is -1.57. The van der Waals surface area contributed by atoms with Gasteiger partial charge in [-0.1, -0.05) is 76.2 Å². The summed E-state index contributed by atoms with van der Waals surface area (Å²) in [6, 6.07) is 15.6. The zero-order valence-corrected chi connectivity index (χ0v) is 23.9. The number of aromatic nitrogens is 1. The van der Waals surface area contributed by atoms with Crippen molar-refractivity contribution < 1.29 is 19.1 Å². The lowest BCUT2D eigenvalue weighted by Crippen LogP contribution is -2.41. The molecule has 0 unspecified atom stereocenters. The van der Waals surface area contributed by atoms with Crippen LogP contribution in [0.1, 0.15) is 74.6 Å². The van der Waals surface area contributed by atoms with Gasteiger partial charge in [-0.15, -0.1) is 11.3 Å². The quantitative estimate of drug-likeness (QED) is 0.453. The number of carbonyl (C=O) groups excluding carboxylic acids is 2. The van der Waals surface area contributed by atoms with Gasteiger partial charge in [-0.25, -0.2) is 9.59 Å². The van der Waals surface area contributed by atoms with E-state index in [2.05, 4.69) is 27.7 Å². The van der Waals surface area contributed by atoms with Crippen LogP contribution < -0.4 is 20.5 Å². The molecule has 1 aliphatic heterocycles. The summed E-state index contributed by atoms with van der Waals surface area (Å²) < 4.78 is 12.5. The van der Waals surface area contributed by atoms with E-state index in [1.807, 2.05) is 48.5 Å². The maximum Gasteiger partial charge on any atom is 0.338 e. The molecule has 8 heteroatoms. The molecule has 1 atom stereocenters. The minimum absolute atomic E-state index is 0.0368. The fourth-order valence-corrected chi connectivity index (χ4v) is 5.86. The Morgan fingerprint density at radius 3 is 2.03 bits per heavy atom. The average molecular weight is 547 g/mol.